The molecule has 7 heteroatoms. The van der Waals surface area contributed by atoms with Crippen molar-refractivity contribution in [1.29, 1.82) is 0 Å². The summed E-state index contributed by atoms with van der Waals surface area (Å²) < 4.78 is 30.6. The molecular formula is C33H36F2N2O3. The van der Waals surface area contributed by atoms with E-state index in [0.29, 0.717) is 24.3 Å². The predicted octanol–water partition coefficient (Wildman–Crippen LogP) is 8.62. The number of hydrogen-bond donors (Lipinski definition) is 0. The lowest BCUT2D eigenvalue weighted by molar-refractivity contribution is -0.120. The number of ether oxygens (including phenoxy) is 1. The Morgan fingerprint density at radius 2 is 1.50 bits per heavy atom. The van der Waals surface area contributed by atoms with Crippen molar-refractivity contribution < 1.29 is 23.1 Å². The van der Waals surface area contributed by atoms with Gasteiger partial charge in [-0.2, -0.15) is 0 Å². The molecule has 40 heavy (non-hydrogen) atoms. The van der Waals surface area contributed by atoms with Crippen molar-refractivity contribution in [2.75, 3.05) is 12.0 Å². The summed E-state index contributed by atoms with van der Waals surface area (Å²) in [5.74, 6) is 0.0101. The third-order valence-electron chi connectivity index (χ3n) is 6.19. The number of anilines is 1. The number of carbonyl (C=O) groups excluding carboxylic acids is 2. The standard InChI is InChI=1S/C31H30F2N2O3.C2H6/c1-31(2,3)18-27(36)35(29-26-14-13-25(30(37)38-4)17-24(26)15-16-34-29)19-20-5-7-21(8-6-20)22-9-11-23(12-10-22)28(32)33;1-2/h5-17,28H,18-19H2,1-4H3;1-2H3. The van der Waals surface area contributed by atoms with Crippen molar-refractivity contribution >= 4 is 28.5 Å². The Labute approximate surface area is 234 Å². The number of fused-ring (bicyclic) bond motifs is 1. The number of pyridine rings is 1. The molecule has 0 radical (unpaired) electrons. The number of aromatic nitrogens is 1. The highest BCUT2D eigenvalue weighted by Crippen LogP contribution is 2.31. The average molecular weight is 547 g/mol. The fourth-order valence-electron chi connectivity index (χ4n) is 4.26. The number of rotatable bonds is 7. The van der Waals surface area contributed by atoms with Gasteiger partial charge in [-0.25, -0.2) is 18.6 Å². The second-order valence-electron chi connectivity index (χ2n) is 10.4. The molecule has 3 aromatic carbocycles. The number of benzene rings is 3. The lowest BCUT2D eigenvalue weighted by atomic mass is 9.91. The molecule has 4 rings (SSSR count). The first-order valence-electron chi connectivity index (χ1n) is 13.3. The van der Waals surface area contributed by atoms with Gasteiger partial charge in [-0.05, 0) is 51.8 Å². The van der Waals surface area contributed by atoms with Crippen LogP contribution in [0.3, 0.4) is 0 Å². The molecule has 1 amide bonds. The van der Waals surface area contributed by atoms with E-state index in [0.717, 1.165) is 27.5 Å². The van der Waals surface area contributed by atoms with E-state index in [-0.39, 0.29) is 16.9 Å². The Morgan fingerprint density at radius 1 is 0.900 bits per heavy atom. The number of nitrogens with zero attached hydrogens (tertiary/aromatic N) is 2. The van der Waals surface area contributed by atoms with Crippen LogP contribution in [0.4, 0.5) is 14.6 Å². The molecule has 0 unspecified atom stereocenters. The summed E-state index contributed by atoms with van der Waals surface area (Å²) in [6.45, 7) is 10.3. The average Bonchev–Trinajstić information content (AvgIpc) is 2.95. The number of hydrogen-bond acceptors (Lipinski definition) is 4. The first kappa shape index (κ1) is 30.4. The monoisotopic (exact) mass is 546 g/mol. The van der Waals surface area contributed by atoms with Crippen LogP contribution in [0.25, 0.3) is 21.9 Å². The van der Waals surface area contributed by atoms with Gasteiger partial charge < -0.3 is 4.74 Å². The number of carbonyl (C=O) groups is 2. The zero-order valence-electron chi connectivity index (χ0n) is 23.9. The second kappa shape index (κ2) is 13.3. The van der Waals surface area contributed by atoms with E-state index in [1.165, 1.54) is 19.2 Å². The zero-order chi connectivity index (χ0) is 29.4. The van der Waals surface area contributed by atoms with Crippen molar-refractivity contribution in [3.05, 3.63) is 95.7 Å². The topological polar surface area (TPSA) is 59.5 Å². The number of alkyl halides is 2. The van der Waals surface area contributed by atoms with Crippen LogP contribution in [0.2, 0.25) is 0 Å². The summed E-state index contributed by atoms with van der Waals surface area (Å²) in [6, 6.07) is 20.9. The Hall–Kier alpha value is -4.13. The fraction of sp³-hybridized carbons (Fsp3) is 0.303. The smallest absolute Gasteiger partial charge is 0.337 e. The van der Waals surface area contributed by atoms with Crippen LogP contribution < -0.4 is 4.90 Å². The molecule has 0 fully saturated rings. The summed E-state index contributed by atoms with van der Waals surface area (Å²) in [7, 11) is 1.33. The van der Waals surface area contributed by atoms with Crippen LogP contribution in [0.15, 0.2) is 79.0 Å². The molecular weight excluding hydrogens is 510 g/mol. The second-order valence-corrected chi connectivity index (χ2v) is 10.4. The summed E-state index contributed by atoms with van der Waals surface area (Å²) in [5.41, 5.74) is 2.79. The maximum absolute atomic E-state index is 13.6. The SMILES string of the molecule is CC.COC(=O)c1ccc2c(N(Cc3ccc(-c4ccc(C(F)F)cc4)cc3)C(=O)CC(C)(C)C)nccc2c1. The highest BCUT2D eigenvalue weighted by atomic mass is 19.3. The Balaban J connectivity index is 0.00000216. The minimum atomic E-state index is -2.50. The minimum absolute atomic E-state index is 0.0142. The normalized spacial score (nSPS) is 11.1. The van der Waals surface area contributed by atoms with Gasteiger partial charge in [0.25, 0.3) is 6.43 Å². The third kappa shape index (κ3) is 7.50. The van der Waals surface area contributed by atoms with Gasteiger partial charge >= 0.3 is 5.97 Å². The summed E-state index contributed by atoms with van der Waals surface area (Å²) in [4.78, 5) is 31.8. The van der Waals surface area contributed by atoms with Gasteiger partial charge in [0.2, 0.25) is 5.91 Å². The minimum Gasteiger partial charge on any atom is -0.465 e. The van der Waals surface area contributed by atoms with E-state index in [4.69, 9.17) is 4.74 Å². The molecule has 1 heterocycles. The van der Waals surface area contributed by atoms with Crippen molar-refractivity contribution in [1.82, 2.24) is 4.98 Å². The van der Waals surface area contributed by atoms with Gasteiger partial charge in [0.05, 0.1) is 19.2 Å². The first-order chi connectivity index (χ1) is 19.1. The third-order valence-corrected chi connectivity index (χ3v) is 6.19. The van der Waals surface area contributed by atoms with Gasteiger partial charge in [-0.3, -0.25) is 9.69 Å². The highest BCUT2D eigenvalue weighted by molar-refractivity contribution is 6.04. The summed E-state index contributed by atoms with van der Waals surface area (Å²) >= 11 is 0. The van der Waals surface area contributed by atoms with Crippen LogP contribution in [0.5, 0.6) is 0 Å². The molecule has 0 saturated carbocycles. The lowest BCUT2D eigenvalue weighted by Crippen LogP contribution is -2.34. The van der Waals surface area contributed by atoms with Gasteiger partial charge in [0.1, 0.15) is 5.82 Å². The maximum Gasteiger partial charge on any atom is 0.337 e. The van der Waals surface area contributed by atoms with Crippen LogP contribution in [0, 0.1) is 5.41 Å². The number of esters is 1. The van der Waals surface area contributed by atoms with E-state index in [1.807, 2.05) is 58.9 Å². The molecule has 0 N–H and O–H groups in total. The van der Waals surface area contributed by atoms with Gasteiger partial charge in [0.15, 0.2) is 0 Å². The Morgan fingerprint density at radius 3 is 2.05 bits per heavy atom. The summed E-state index contributed by atoms with van der Waals surface area (Å²) in [6.07, 6.45) is -0.555. The molecule has 210 valence electrons. The zero-order valence-corrected chi connectivity index (χ0v) is 23.9. The number of amides is 1. The molecule has 0 atom stereocenters. The molecule has 0 saturated heterocycles. The molecule has 0 aliphatic heterocycles. The largest absolute Gasteiger partial charge is 0.465 e. The van der Waals surface area contributed by atoms with Crippen LogP contribution in [0.1, 0.15) is 68.9 Å². The molecule has 4 aromatic rings. The molecule has 0 aliphatic rings. The highest BCUT2D eigenvalue weighted by Gasteiger charge is 2.25. The van der Waals surface area contributed by atoms with Crippen molar-refractivity contribution in [3.63, 3.8) is 0 Å². The molecule has 1 aromatic heterocycles. The quantitative estimate of drug-likeness (QED) is 0.218. The Kier molecular flexibility index (Phi) is 10.1. The lowest BCUT2D eigenvalue weighted by Gasteiger charge is -2.27. The maximum atomic E-state index is 13.6. The molecule has 5 nitrogen and oxygen atoms in total. The van der Waals surface area contributed by atoms with Crippen molar-refractivity contribution in [2.45, 2.75) is 54.0 Å². The van der Waals surface area contributed by atoms with Crippen LogP contribution in [-0.2, 0) is 16.1 Å². The van der Waals surface area contributed by atoms with Crippen molar-refractivity contribution in [2.24, 2.45) is 5.41 Å². The number of halogens is 2. The fourth-order valence-corrected chi connectivity index (χ4v) is 4.26. The summed E-state index contributed by atoms with van der Waals surface area (Å²) in [5, 5.41) is 1.52. The van der Waals surface area contributed by atoms with Gasteiger partial charge in [0, 0.05) is 23.6 Å². The van der Waals surface area contributed by atoms with E-state index < -0.39 is 12.4 Å². The van der Waals surface area contributed by atoms with Crippen LogP contribution >= 0.6 is 0 Å². The molecule has 0 bridgehead atoms. The Bertz CT molecular complexity index is 1440. The van der Waals surface area contributed by atoms with Gasteiger partial charge in [-0.15, -0.1) is 0 Å². The van der Waals surface area contributed by atoms with E-state index in [9.17, 15) is 18.4 Å². The molecule has 0 aliphatic carbocycles. The predicted molar refractivity (Wildman–Crippen MR) is 157 cm³/mol. The van der Waals surface area contributed by atoms with Gasteiger partial charge in [-0.1, -0.05) is 83.1 Å². The van der Waals surface area contributed by atoms with E-state index in [1.54, 1.807) is 47.5 Å². The first-order valence-corrected chi connectivity index (χ1v) is 13.3. The van der Waals surface area contributed by atoms with Crippen LogP contribution in [-0.4, -0.2) is 24.0 Å². The van der Waals surface area contributed by atoms with E-state index in [2.05, 4.69) is 4.98 Å². The molecule has 0 spiro atoms. The number of methoxy groups -OCH3 is 1. The van der Waals surface area contributed by atoms with Crippen molar-refractivity contribution in [3.8, 4) is 11.1 Å². The van der Waals surface area contributed by atoms with E-state index >= 15 is 0 Å².